The van der Waals surface area contributed by atoms with Gasteiger partial charge in [-0.25, -0.2) is 0 Å². The van der Waals surface area contributed by atoms with Gasteiger partial charge >= 0.3 is 0 Å². The highest BCUT2D eigenvalue weighted by molar-refractivity contribution is 6.09. The summed E-state index contributed by atoms with van der Waals surface area (Å²) in [6.45, 7) is 6.35. The maximum Gasteiger partial charge on any atom is 0.244 e. The van der Waals surface area contributed by atoms with Crippen LogP contribution in [0.1, 0.15) is 13.8 Å². The third-order valence-corrected chi connectivity index (χ3v) is 1.49. The molecule has 0 aliphatic rings. The van der Waals surface area contributed by atoms with Crippen molar-refractivity contribution in [3.05, 3.63) is 23.8 Å². The van der Waals surface area contributed by atoms with Gasteiger partial charge in [0.25, 0.3) is 0 Å². The Morgan fingerprint density at radius 2 is 1.73 bits per heavy atom. The molecule has 0 fully saturated rings. The summed E-state index contributed by atoms with van der Waals surface area (Å²) in [4.78, 5) is 21.4. The number of hydrogen-bond donors (Lipinski definition) is 1. The molecule has 0 atom stereocenters. The first-order chi connectivity index (χ1) is 5.00. The topological polar surface area (TPSA) is 60.2 Å². The van der Waals surface area contributed by atoms with E-state index < -0.39 is 5.91 Å². The van der Waals surface area contributed by atoms with Crippen molar-refractivity contribution in [2.75, 3.05) is 0 Å². The zero-order valence-electron chi connectivity index (χ0n) is 6.68. The highest BCUT2D eigenvalue weighted by Crippen LogP contribution is 2.03. The molecule has 0 aromatic carbocycles. The van der Waals surface area contributed by atoms with Gasteiger partial charge < -0.3 is 5.73 Å². The van der Waals surface area contributed by atoms with E-state index in [0.29, 0.717) is 5.57 Å². The van der Waals surface area contributed by atoms with Crippen LogP contribution in [0.3, 0.4) is 0 Å². The number of primary amides is 1. The second kappa shape index (κ2) is 3.71. The van der Waals surface area contributed by atoms with Crippen molar-refractivity contribution in [2.24, 2.45) is 5.73 Å². The van der Waals surface area contributed by atoms with Crippen LogP contribution in [-0.2, 0) is 9.59 Å². The van der Waals surface area contributed by atoms with Crippen molar-refractivity contribution in [3.8, 4) is 0 Å². The number of hydrogen-bond acceptors (Lipinski definition) is 2. The molecule has 0 aromatic rings. The van der Waals surface area contributed by atoms with E-state index in [0.717, 1.165) is 6.08 Å². The van der Waals surface area contributed by atoms with Crippen molar-refractivity contribution in [1.29, 1.82) is 0 Å². The Morgan fingerprint density at radius 1 is 1.27 bits per heavy atom. The molecule has 3 heteroatoms. The van der Waals surface area contributed by atoms with Crippen LogP contribution in [0, 0.1) is 0 Å². The predicted octanol–water partition coefficient (Wildman–Crippen LogP) is 0.563. The molecule has 0 aliphatic heterocycles. The van der Waals surface area contributed by atoms with Crippen molar-refractivity contribution >= 4 is 11.7 Å². The van der Waals surface area contributed by atoms with Gasteiger partial charge in [0, 0.05) is 11.1 Å². The fourth-order valence-electron chi connectivity index (χ4n) is 0.523. The first-order valence-electron chi connectivity index (χ1n) is 3.14. The minimum atomic E-state index is -0.572. The Hall–Kier alpha value is -1.38. The molecule has 0 saturated heterocycles. The van der Waals surface area contributed by atoms with Crippen LogP contribution in [0.5, 0.6) is 0 Å². The summed E-state index contributed by atoms with van der Waals surface area (Å²) in [6.07, 6.45) is 1.15. The lowest BCUT2D eigenvalue weighted by Gasteiger charge is -1.98. The summed E-state index contributed by atoms with van der Waals surface area (Å²) < 4.78 is 0. The van der Waals surface area contributed by atoms with E-state index in [1.165, 1.54) is 6.92 Å². The average molecular weight is 153 g/mol. The first-order valence-corrected chi connectivity index (χ1v) is 3.14. The smallest absolute Gasteiger partial charge is 0.244 e. The van der Waals surface area contributed by atoms with E-state index in [4.69, 9.17) is 5.73 Å². The molecular formula is C8H11NO2. The summed E-state index contributed by atoms with van der Waals surface area (Å²) in [5.41, 5.74) is 5.59. The molecule has 3 nitrogen and oxygen atoms in total. The van der Waals surface area contributed by atoms with Crippen LogP contribution in [-0.4, -0.2) is 11.7 Å². The van der Waals surface area contributed by atoms with Gasteiger partial charge in [0.1, 0.15) is 0 Å². The zero-order chi connectivity index (χ0) is 9.02. The minimum absolute atomic E-state index is 0.263. The molecule has 0 bridgehead atoms. The third-order valence-electron chi connectivity index (χ3n) is 1.49. The maximum atomic E-state index is 10.9. The number of carbonyl (C=O) groups excluding carboxylic acids is 2. The SMILES string of the molecule is C=CC(=O)C(C)=C(C)C(N)=O. The lowest BCUT2D eigenvalue weighted by molar-refractivity contribution is -0.115. The zero-order valence-corrected chi connectivity index (χ0v) is 6.68. The van der Waals surface area contributed by atoms with Gasteiger partial charge in [0.15, 0.2) is 5.78 Å². The van der Waals surface area contributed by atoms with Crippen molar-refractivity contribution in [2.45, 2.75) is 13.8 Å². The molecule has 0 rings (SSSR count). The first kappa shape index (κ1) is 9.62. The normalized spacial score (nSPS) is 11.8. The summed E-state index contributed by atoms with van der Waals surface area (Å²) >= 11 is 0. The maximum absolute atomic E-state index is 10.9. The lowest BCUT2D eigenvalue weighted by Crippen LogP contribution is -2.15. The number of ketones is 1. The molecule has 0 radical (unpaired) electrons. The van der Waals surface area contributed by atoms with E-state index in [2.05, 4.69) is 6.58 Å². The molecule has 0 aromatic heterocycles. The molecule has 1 amide bonds. The average Bonchev–Trinajstić information content (AvgIpc) is 2.00. The molecule has 0 aliphatic carbocycles. The van der Waals surface area contributed by atoms with Gasteiger partial charge in [0.05, 0.1) is 0 Å². The number of rotatable bonds is 3. The molecule has 0 unspecified atom stereocenters. The fraction of sp³-hybridized carbons (Fsp3) is 0.250. The number of carbonyl (C=O) groups is 2. The Balaban J connectivity index is 4.80. The Morgan fingerprint density at radius 3 is 2.00 bits per heavy atom. The monoisotopic (exact) mass is 153 g/mol. The summed E-state index contributed by atoms with van der Waals surface area (Å²) in [6, 6.07) is 0. The van der Waals surface area contributed by atoms with Crippen LogP contribution < -0.4 is 5.73 Å². The molecule has 0 heterocycles. The van der Waals surface area contributed by atoms with Crippen molar-refractivity contribution < 1.29 is 9.59 Å². The second-order valence-corrected chi connectivity index (χ2v) is 2.18. The fourth-order valence-corrected chi connectivity index (χ4v) is 0.523. The summed E-state index contributed by atoms with van der Waals surface area (Å²) in [5.74, 6) is -0.834. The molecule has 11 heavy (non-hydrogen) atoms. The van der Waals surface area contributed by atoms with Crippen LogP contribution in [0.25, 0.3) is 0 Å². The quantitative estimate of drug-likeness (QED) is 0.602. The molecule has 60 valence electrons. The van der Waals surface area contributed by atoms with Gasteiger partial charge in [0.2, 0.25) is 5.91 Å². The van der Waals surface area contributed by atoms with E-state index in [-0.39, 0.29) is 11.4 Å². The summed E-state index contributed by atoms with van der Waals surface area (Å²) in [5, 5.41) is 0. The largest absolute Gasteiger partial charge is 0.366 e. The van der Waals surface area contributed by atoms with Gasteiger partial charge in [-0.3, -0.25) is 9.59 Å². The molecule has 0 spiro atoms. The van der Waals surface area contributed by atoms with Gasteiger partial charge in [-0.15, -0.1) is 0 Å². The third kappa shape index (κ3) is 2.37. The predicted molar refractivity (Wildman–Crippen MR) is 42.8 cm³/mol. The highest BCUT2D eigenvalue weighted by atomic mass is 16.1. The van der Waals surface area contributed by atoms with Gasteiger partial charge in [-0.05, 0) is 19.9 Å². The Kier molecular flexibility index (Phi) is 3.24. The summed E-state index contributed by atoms with van der Waals surface area (Å²) in [7, 11) is 0. The number of amides is 1. The standard InChI is InChI=1S/C8H11NO2/c1-4-7(10)5(2)6(3)8(9)11/h4H,1H2,2-3H3,(H2,9,11). The molecular weight excluding hydrogens is 142 g/mol. The van der Waals surface area contributed by atoms with E-state index in [1.807, 2.05) is 0 Å². The Bertz CT molecular complexity index is 238. The van der Waals surface area contributed by atoms with E-state index in [1.54, 1.807) is 6.92 Å². The molecule has 2 N–H and O–H groups in total. The van der Waals surface area contributed by atoms with Crippen LogP contribution in [0.15, 0.2) is 23.8 Å². The van der Waals surface area contributed by atoms with Crippen LogP contribution in [0.2, 0.25) is 0 Å². The Labute approximate surface area is 65.6 Å². The van der Waals surface area contributed by atoms with E-state index >= 15 is 0 Å². The van der Waals surface area contributed by atoms with Gasteiger partial charge in [-0.2, -0.15) is 0 Å². The highest BCUT2D eigenvalue weighted by Gasteiger charge is 2.07. The lowest BCUT2D eigenvalue weighted by atomic mass is 10.1. The van der Waals surface area contributed by atoms with Crippen molar-refractivity contribution in [3.63, 3.8) is 0 Å². The van der Waals surface area contributed by atoms with Crippen LogP contribution >= 0.6 is 0 Å². The van der Waals surface area contributed by atoms with Crippen molar-refractivity contribution in [1.82, 2.24) is 0 Å². The number of allylic oxidation sites excluding steroid dienone is 2. The van der Waals surface area contributed by atoms with Crippen LogP contribution in [0.4, 0.5) is 0 Å². The van der Waals surface area contributed by atoms with E-state index in [9.17, 15) is 9.59 Å². The number of nitrogens with two attached hydrogens (primary N) is 1. The van der Waals surface area contributed by atoms with Gasteiger partial charge in [-0.1, -0.05) is 6.58 Å². The molecule has 0 saturated carbocycles. The minimum Gasteiger partial charge on any atom is -0.366 e. The second-order valence-electron chi connectivity index (χ2n) is 2.18.